The summed E-state index contributed by atoms with van der Waals surface area (Å²) in [4.78, 5) is 3.95. The van der Waals surface area contributed by atoms with Gasteiger partial charge in [-0.3, -0.25) is 0 Å². The highest BCUT2D eigenvalue weighted by atomic mass is 79.9. The van der Waals surface area contributed by atoms with Crippen molar-refractivity contribution in [3.8, 4) is 5.75 Å². The molecule has 0 aliphatic heterocycles. The predicted molar refractivity (Wildman–Crippen MR) is 62.1 cm³/mol. The summed E-state index contributed by atoms with van der Waals surface area (Å²) in [6.45, 7) is 0. The van der Waals surface area contributed by atoms with Gasteiger partial charge in [0.15, 0.2) is 0 Å². The second kappa shape index (κ2) is 4.50. The lowest BCUT2D eigenvalue weighted by atomic mass is 10.3. The highest BCUT2D eigenvalue weighted by Crippen LogP contribution is 2.31. The van der Waals surface area contributed by atoms with Gasteiger partial charge in [0.05, 0.1) is 0 Å². The lowest BCUT2D eigenvalue weighted by Gasteiger charge is -1.96. The van der Waals surface area contributed by atoms with Crippen LogP contribution in [0.2, 0.25) is 0 Å². The molecule has 0 bridgehead atoms. The van der Waals surface area contributed by atoms with Gasteiger partial charge < -0.3 is 5.11 Å². The van der Waals surface area contributed by atoms with E-state index >= 15 is 0 Å². The number of phenolic OH excluding ortho intramolecular Hbond substituents is 1. The van der Waals surface area contributed by atoms with E-state index in [1.807, 2.05) is 5.38 Å². The highest BCUT2D eigenvalue weighted by Gasteiger charge is 2.00. The van der Waals surface area contributed by atoms with Crippen LogP contribution in [-0.4, -0.2) is 10.1 Å². The zero-order valence-corrected chi connectivity index (χ0v) is 9.86. The molecule has 0 amide bonds. The smallest absolute Gasteiger partial charge is 0.229 e. The maximum absolute atomic E-state index is 9.47. The number of phenols is 1. The van der Waals surface area contributed by atoms with Crippen molar-refractivity contribution in [3.63, 3.8) is 0 Å². The third-order valence-electron chi connectivity index (χ3n) is 1.60. The molecular weight excluding hydrogens is 278 g/mol. The standard InChI is InChI=1S/C9H6BrN3OS/c10-6-1-2-8(14)7(5-6)12-13-9-11-3-4-15-9/h1-5,14H. The summed E-state index contributed by atoms with van der Waals surface area (Å²) in [6, 6.07) is 4.98. The summed E-state index contributed by atoms with van der Waals surface area (Å²) < 4.78 is 0.841. The van der Waals surface area contributed by atoms with Crippen LogP contribution in [0, 0.1) is 0 Å². The summed E-state index contributed by atoms with van der Waals surface area (Å²) in [6.07, 6.45) is 1.65. The lowest BCUT2D eigenvalue weighted by Crippen LogP contribution is -1.68. The number of rotatable bonds is 2. The maximum Gasteiger partial charge on any atom is 0.229 e. The van der Waals surface area contributed by atoms with E-state index in [-0.39, 0.29) is 5.75 Å². The minimum atomic E-state index is 0.0958. The van der Waals surface area contributed by atoms with Gasteiger partial charge in [-0.25, -0.2) is 4.98 Å². The van der Waals surface area contributed by atoms with Crippen LogP contribution in [0.5, 0.6) is 5.75 Å². The fourth-order valence-electron chi connectivity index (χ4n) is 0.939. The van der Waals surface area contributed by atoms with Crippen molar-refractivity contribution >= 4 is 38.1 Å². The maximum atomic E-state index is 9.47. The number of hydrogen-bond acceptors (Lipinski definition) is 5. The van der Waals surface area contributed by atoms with E-state index in [1.54, 1.807) is 24.4 Å². The van der Waals surface area contributed by atoms with E-state index in [1.165, 1.54) is 11.3 Å². The Hall–Kier alpha value is -1.27. The van der Waals surface area contributed by atoms with Crippen molar-refractivity contribution in [1.82, 2.24) is 4.98 Å². The zero-order valence-electron chi connectivity index (χ0n) is 7.46. The van der Waals surface area contributed by atoms with Crippen LogP contribution >= 0.6 is 27.3 Å². The minimum absolute atomic E-state index is 0.0958. The Morgan fingerprint density at radius 1 is 1.33 bits per heavy atom. The van der Waals surface area contributed by atoms with Crippen molar-refractivity contribution < 1.29 is 5.11 Å². The zero-order chi connectivity index (χ0) is 10.7. The Morgan fingerprint density at radius 2 is 2.20 bits per heavy atom. The quantitative estimate of drug-likeness (QED) is 0.846. The molecule has 0 saturated heterocycles. The largest absolute Gasteiger partial charge is 0.506 e. The topological polar surface area (TPSA) is 57.8 Å². The van der Waals surface area contributed by atoms with Crippen molar-refractivity contribution in [3.05, 3.63) is 34.2 Å². The van der Waals surface area contributed by atoms with E-state index in [4.69, 9.17) is 0 Å². The fraction of sp³-hybridized carbons (Fsp3) is 0. The van der Waals surface area contributed by atoms with Crippen molar-refractivity contribution in [2.24, 2.45) is 10.2 Å². The molecule has 0 aliphatic rings. The SMILES string of the molecule is Oc1ccc(Br)cc1N=Nc1nccs1. The molecule has 1 aromatic heterocycles. The Kier molecular flexibility index (Phi) is 3.08. The van der Waals surface area contributed by atoms with Crippen LogP contribution in [0.25, 0.3) is 0 Å². The first-order chi connectivity index (χ1) is 7.25. The fourth-order valence-corrected chi connectivity index (χ4v) is 1.74. The first-order valence-corrected chi connectivity index (χ1v) is 5.73. The van der Waals surface area contributed by atoms with Crippen molar-refractivity contribution in [1.29, 1.82) is 0 Å². The second-order valence-electron chi connectivity index (χ2n) is 2.65. The normalized spacial score (nSPS) is 11.0. The van der Waals surface area contributed by atoms with Gasteiger partial charge in [-0.15, -0.1) is 21.6 Å². The number of halogens is 1. The number of nitrogens with zero attached hydrogens (tertiary/aromatic N) is 3. The monoisotopic (exact) mass is 283 g/mol. The van der Waals surface area contributed by atoms with Crippen molar-refractivity contribution in [2.45, 2.75) is 0 Å². The average molecular weight is 284 g/mol. The molecule has 0 aliphatic carbocycles. The number of aromatic nitrogens is 1. The molecule has 4 nitrogen and oxygen atoms in total. The highest BCUT2D eigenvalue weighted by molar-refractivity contribution is 9.10. The summed E-state index contributed by atoms with van der Waals surface area (Å²) in [5.41, 5.74) is 0.416. The van der Waals surface area contributed by atoms with Crippen LogP contribution in [0.1, 0.15) is 0 Å². The second-order valence-corrected chi connectivity index (χ2v) is 4.44. The van der Waals surface area contributed by atoms with Crippen LogP contribution < -0.4 is 0 Å². The number of aromatic hydroxyl groups is 1. The Morgan fingerprint density at radius 3 is 2.93 bits per heavy atom. The Balaban J connectivity index is 2.27. The van der Waals surface area contributed by atoms with Gasteiger partial charge in [-0.1, -0.05) is 15.9 Å². The van der Waals surface area contributed by atoms with Crippen LogP contribution in [0.15, 0.2) is 44.5 Å². The van der Waals surface area contributed by atoms with Crippen LogP contribution in [0.3, 0.4) is 0 Å². The average Bonchev–Trinajstić information content (AvgIpc) is 2.72. The molecule has 0 fully saturated rings. The molecule has 6 heteroatoms. The van der Waals surface area contributed by atoms with E-state index in [9.17, 15) is 5.11 Å². The Labute approximate surface area is 98.5 Å². The van der Waals surface area contributed by atoms with Gasteiger partial charge in [0.25, 0.3) is 0 Å². The summed E-state index contributed by atoms with van der Waals surface area (Å²) in [5, 5.41) is 19.6. The first kappa shape index (κ1) is 10.3. The molecule has 0 unspecified atom stereocenters. The molecule has 76 valence electrons. The summed E-state index contributed by atoms with van der Waals surface area (Å²) in [7, 11) is 0. The van der Waals surface area contributed by atoms with Crippen molar-refractivity contribution in [2.75, 3.05) is 0 Å². The number of hydrogen-bond donors (Lipinski definition) is 1. The number of benzene rings is 1. The van der Waals surface area contributed by atoms with Gasteiger partial charge in [-0.05, 0) is 18.2 Å². The van der Waals surface area contributed by atoms with E-state index in [0.717, 1.165) is 4.47 Å². The third-order valence-corrected chi connectivity index (χ3v) is 2.75. The summed E-state index contributed by atoms with van der Waals surface area (Å²) >= 11 is 4.68. The Bertz CT molecular complexity index is 484. The molecule has 0 radical (unpaired) electrons. The van der Waals surface area contributed by atoms with Crippen LogP contribution in [-0.2, 0) is 0 Å². The molecule has 2 aromatic rings. The third kappa shape index (κ3) is 2.60. The summed E-state index contributed by atoms with van der Waals surface area (Å²) in [5.74, 6) is 0.0958. The van der Waals surface area contributed by atoms with Gasteiger partial charge in [0.2, 0.25) is 5.13 Å². The molecular formula is C9H6BrN3OS. The van der Waals surface area contributed by atoms with Gasteiger partial charge in [0, 0.05) is 16.0 Å². The molecule has 1 N–H and O–H groups in total. The van der Waals surface area contributed by atoms with Crippen LogP contribution in [0.4, 0.5) is 10.8 Å². The van der Waals surface area contributed by atoms with E-state index in [2.05, 4.69) is 31.1 Å². The molecule has 2 rings (SSSR count). The molecule has 0 atom stereocenters. The molecule has 0 saturated carbocycles. The van der Waals surface area contributed by atoms with E-state index in [0.29, 0.717) is 10.8 Å². The van der Waals surface area contributed by atoms with Gasteiger partial charge in [-0.2, -0.15) is 0 Å². The molecule has 0 spiro atoms. The van der Waals surface area contributed by atoms with Gasteiger partial charge >= 0.3 is 0 Å². The van der Waals surface area contributed by atoms with Gasteiger partial charge in [0.1, 0.15) is 11.4 Å². The minimum Gasteiger partial charge on any atom is -0.506 e. The molecule has 1 aromatic carbocycles. The molecule has 15 heavy (non-hydrogen) atoms. The lowest BCUT2D eigenvalue weighted by molar-refractivity contribution is 0.476. The number of thiazole rings is 1. The van der Waals surface area contributed by atoms with E-state index < -0.39 is 0 Å². The number of azo groups is 1. The first-order valence-electron chi connectivity index (χ1n) is 4.05. The predicted octanol–water partition coefficient (Wildman–Crippen LogP) is 4.03. The molecule has 1 heterocycles.